The van der Waals surface area contributed by atoms with Gasteiger partial charge < -0.3 is 14.8 Å². The van der Waals surface area contributed by atoms with E-state index in [1.165, 1.54) is 13.2 Å². The topological polar surface area (TPSA) is 71.3 Å². The molecule has 0 radical (unpaired) electrons. The van der Waals surface area contributed by atoms with Crippen LogP contribution in [0.3, 0.4) is 0 Å². The zero-order valence-electron chi connectivity index (χ0n) is 16.4. The smallest absolute Gasteiger partial charge is 0.266 e. The number of nitrogens with one attached hydrogen (secondary N) is 1. The maximum atomic E-state index is 12.6. The van der Waals surface area contributed by atoms with Crippen LogP contribution < -0.4 is 14.8 Å². The van der Waals surface area contributed by atoms with Crippen LogP contribution in [0, 0.1) is 25.2 Å². The number of ether oxygens (including phenoxy) is 2. The van der Waals surface area contributed by atoms with Crippen molar-refractivity contribution >= 4 is 29.3 Å². The second kappa shape index (κ2) is 9.82. The predicted molar refractivity (Wildman–Crippen MR) is 112 cm³/mol. The lowest BCUT2D eigenvalue weighted by Gasteiger charge is -2.13. The highest BCUT2D eigenvalue weighted by Crippen LogP contribution is 2.37. The third-order valence-electron chi connectivity index (χ3n) is 4.02. The summed E-state index contributed by atoms with van der Waals surface area (Å²) in [6.07, 6.45) is 2.30. The highest BCUT2D eigenvalue weighted by atomic mass is 35.5. The van der Waals surface area contributed by atoms with Crippen molar-refractivity contribution in [1.29, 1.82) is 5.26 Å². The molecule has 0 fully saturated rings. The third-order valence-corrected chi connectivity index (χ3v) is 4.30. The van der Waals surface area contributed by atoms with Crippen LogP contribution in [0.5, 0.6) is 11.5 Å². The van der Waals surface area contributed by atoms with Crippen LogP contribution in [0.4, 0.5) is 5.69 Å². The number of methoxy groups -OCH3 is 1. The van der Waals surface area contributed by atoms with Crippen LogP contribution in [0.25, 0.3) is 6.08 Å². The predicted octanol–water partition coefficient (Wildman–Crippen LogP) is 5.30. The van der Waals surface area contributed by atoms with Gasteiger partial charge in [-0.15, -0.1) is 0 Å². The molecular formula is C22H23ClN2O3. The normalized spacial score (nSPS) is 10.9. The fourth-order valence-corrected chi connectivity index (χ4v) is 2.82. The molecule has 0 aliphatic carbocycles. The van der Waals surface area contributed by atoms with Crippen LogP contribution in [0.15, 0.2) is 35.9 Å². The highest BCUT2D eigenvalue weighted by molar-refractivity contribution is 6.32. The van der Waals surface area contributed by atoms with Crippen molar-refractivity contribution in [3.63, 3.8) is 0 Å². The Morgan fingerprint density at radius 2 is 2.04 bits per heavy atom. The molecule has 0 unspecified atom stereocenters. The van der Waals surface area contributed by atoms with Gasteiger partial charge in [0.15, 0.2) is 11.5 Å². The van der Waals surface area contributed by atoms with Crippen LogP contribution in [-0.4, -0.2) is 19.6 Å². The Kier molecular flexibility index (Phi) is 7.48. The molecule has 2 rings (SSSR count). The molecule has 0 bridgehead atoms. The second-order valence-electron chi connectivity index (χ2n) is 6.32. The number of benzene rings is 2. The summed E-state index contributed by atoms with van der Waals surface area (Å²) in [4.78, 5) is 12.6. The lowest BCUT2D eigenvalue weighted by Crippen LogP contribution is -2.14. The van der Waals surface area contributed by atoms with Crippen molar-refractivity contribution in [2.75, 3.05) is 19.0 Å². The lowest BCUT2D eigenvalue weighted by molar-refractivity contribution is -0.112. The first-order valence-electron chi connectivity index (χ1n) is 8.90. The molecule has 28 heavy (non-hydrogen) atoms. The zero-order chi connectivity index (χ0) is 20.7. The van der Waals surface area contributed by atoms with Crippen LogP contribution >= 0.6 is 11.6 Å². The van der Waals surface area contributed by atoms with Gasteiger partial charge in [-0.1, -0.05) is 30.7 Å². The molecule has 0 aliphatic rings. The van der Waals surface area contributed by atoms with Gasteiger partial charge in [-0.2, -0.15) is 5.26 Å². The average Bonchev–Trinajstić information content (AvgIpc) is 2.67. The Balaban J connectivity index is 2.33. The first kappa shape index (κ1) is 21.3. The summed E-state index contributed by atoms with van der Waals surface area (Å²) in [5.41, 5.74) is 3.13. The highest BCUT2D eigenvalue weighted by Gasteiger charge is 2.14. The summed E-state index contributed by atoms with van der Waals surface area (Å²) < 4.78 is 11.0. The van der Waals surface area contributed by atoms with E-state index in [9.17, 15) is 10.1 Å². The van der Waals surface area contributed by atoms with E-state index in [2.05, 4.69) is 5.32 Å². The van der Waals surface area contributed by atoms with E-state index in [-0.39, 0.29) is 5.57 Å². The van der Waals surface area contributed by atoms with E-state index in [0.29, 0.717) is 34.4 Å². The molecule has 2 aromatic carbocycles. The second-order valence-corrected chi connectivity index (χ2v) is 6.73. The van der Waals surface area contributed by atoms with Gasteiger partial charge >= 0.3 is 0 Å². The average molecular weight is 399 g/mol. The fraction of sp³-hybridized carbons (Fsp3) is 0.273. The maximum Gasteiger partial charge on any atom is 0.266 e. The zero-order valence-corrected chi connectivity index (χ0v) is 17.2. The molecule has 0 atom stereocenters. The number of carbonyl (C=O) groups is 1. The number of halogens is 1. The van der Waals surface area contributed by atoms with Gasteiger partial charge in [0.2, 0.25) is 0 Å². The molecule has 0 saturated heterocycles. The van der Waals surface area contributed by atoms with Crippen LogP contribution in [-0.2, 0) is 4.79 Å². The maximum absolute atomic E-state index is 12.6. The Hall–Kier alpha value is -2.97. The molecule has 0 heterocycles. The summed E-state index contributed by atoms with van der Waals surface area (Å²) in [5.74, 6) is 0.401. The van der Waals surface area contributed by atoms with Crippen molar-refractivity contribution in [1.82, 2.24) is 0 Å². The molecule has 6 heteroatoms. The SMILES string of the molecule is CCCOc1c(Cl)cc(/C=C(\C#N)C(=O)Nc2cc(C)ccc2C)cc1OC. The summed E-state index contributed by atoms with van der Waals surface area (Å²) in [6.45, 7) is 6.33. The number of anilines is 1. The molecule has 0 saturated carbocycles. The molecule has 146 valence electrons. The van der Waals surface area contributed by atoms with Gasteiger partial charge in [-0.25, -0.2) is 0 Å². The van der Waals surface area contributed by atoms with E-state index in [1.54, 1.807) is 12.1 Å². The first-order chi connectivity index (χ1) is 13.4. The van der Waals surface area contributed by atoms with E-state index in [0.717, 1.165) is 17.5 Å². The Morgan fingerprint density at radius 3 is 2.68 bits per heavy atom. The van der Waals surface area contributed by atoms with Gasteiger partial charge in [0.05, 0.1) is 18.7 Å². The van der Waals surface area contributed by atoms with Crippen molar-refractivity contribution in [2.24, 2.45) is 0 Å². The molecule has 0 spiro atoms. The molecule has 1 amide bonds. The Morgan fingerprint density at radius 1 is 1.29 bits per heavy atom. The summed E-state index contributed by atoms with van der Waals surface area (Å²) in [5, 5.41) is 12.6. The number of nitriles is 1. The Labute approximate surface area is 170 Å². The van der Waals surface area contributed by atoms with E-state index < -0.39 is 5.91 Å². The number of hydrogen-bond donors (Lipinski definition) is 1. The first-order valence-corrected chi connectivity index (χ1v) is 9.28. The molecule has 1 N–H and O–H groups in total. The van der Waals surface area contributed by atoms with Gasteiger partial charge in [0, 0.05) is 5.69 Å². The van der Waals surface area contributed by atoms with Gasteiger partial charge in [-0.3, -0.25) is 4.79 Å². The molecule has 0 aromatic heterocycles. The number of amides is 1. The number of aryl methyl sites for hydroxylation is 2. The Bertz CT molecular complexity index is 946. The molecule has 5 nitrogen and oxygen atoms in total. The van der Waals surface area contributed by atoms with E-state index in [1.807, 2.05) is 45.0 Å². The third kappa shape index (κ3) is 5.28. The van der Waals surface area contributed by atoms with Gasteiger partial charge in [0.25, 0.3) is 5.91 Å². The minimum atomic E-state index is -0.488. The number of nitrogens with zero attached hydrogens (tertiary/aromatic N) is 1. The molecule has 2 aromatic rings. The van der Waals surface area contributed by atoms with Crippen molar-refractivity contribution in [3.8, 4) is 17.6 Å². The number of hydrogen-bond acceptors (Lipinski definition) is 4. The van der Waals surface area contributed by atoms with Gasteiger partial charge in [-0.05, 0) is 61.2 Å². The van der Waals surface area contributed by atoms with Crippen LogP contribution in [0.2, 0.25) is 5.02 Å². The van der Waals surface area contributed by atoms with Crippen molar-refractivity contribution in [2.45, 2.75) is 27.2 Å². The number of carbonyl (C=O) groups excluding carboxylic acids is 1. The van der Waals surface area contributed by atoms with Gasteiger partial charge in [0.1, 0.15) is 11.6 Å². The minimum absolute atomic E-state index is 0.0405. The summed E-state index contributed by atoms with van der Waals surface area (Å²) in [7, 11) is 1.51. The molecule has 0 aliphatic heterocycles. The summed E-state index contributed by atoms with van der Waals surface area (Å²) >= 11 is 6.31. The van der Waals surface area contributed by atoms with Crippen molar-refractivity contribution in [3.05, 3.63) is 57.6 Å². The largest absolute Gasteiger partial charge is 0.493 e. The monoisotopic (exact) mass is 398 g/mol. The summed E-state index contributed by atoms with van der Waals surface area (Å²) in [6, 6.07) is 11.0. The standard InChI is InChI=1S/C22H23ClN2O3/c1-5-8-28-21-18(23)11-16(12-20(21)27-4)10-17(13-24)22(26)25-19-9-14(2)6-7-15(19)3/h6-7,9-12H,5,8H2,1-4H3,(H,25,26)/b17-10+. The van der Waals surface area contributed by atoms with E-state index in [4.69, 9.17) is 21.1 Å². The minimum Gasteiger partial charge on any atom is -0.493 e. The fourth-order valence-electron chi connectivity index (χ4n) is 2.54. The molecular weight excluding hydrogens is 376 g/mol. The van der Waals surface area contributed by atoms with E-state index >= 15 is 0 Å². The van der Waals surface area contributed by atoms with Crippen molar-refractivity contribution < 1.29 is 14.3 Å². The van der Waals surface area contributed by atoms with Crippen LogP contribution in [0.1, 0.15) is 30.0 Å². The lowest BCUT2D eigenvalue weighted by atomic mass is 10.1. The number of rotatable bonds is 7. The quantitative estimate of drug-likeness (QED) is 0.507.